The highest BCUT2D eigenvalue weighted by atomic mass is 19.3. The quantitative estimate of drug-likeness (QED) is 0.570. The molecule has 12 heavy (non-hydrogen) atoms. The van der Waals surface area contributed by atoms with Gasteiger partial charge in [-0.05, 0) is 18.4 Å². The van der Waals surface area contributed by atoms with Crippen LogP contribution in [-0.2, 0) is 0 Å². The third-order valence-corrected chi connectivity index (χ3v) is 1.72. The fourth-order valence-corrected chi connectivity index (χ4v) is 0.690. The molecule has 0 heterocycles. The molecule has 0 unspecified atom stereocenters. The zero-order chi connectivity index (χ0) is 9.78. The number of hydrogen-bond acceptors (Lipinski definition) is 0. The van der Waals surface area contributed by atoms with Gasteiger partial charge in [-0.2, -0.15) is 0 Å². The Morgan fingerprint density at radius 2 is 1.67 bits per heavy atom. The average molecular weight is 176 g/mol. The molecule has 0 N–H and O–H groups in total. The first-order valence-corrected chi connectivity index (χ1v) is 4.41. The van der Waals surface area contributed by atoms with Gasteiger partial charge < -0.3 is 0 Å². The summed E-state index contributed by atoms with van der Waals surface area (Å²) in [6.45, 7) is 7.08. The summed E-state index contributed by atoms with van der Waals surface area (Å²) in [4.78, 5) is 0. The Morgan fingerprint density at radius 3 is 2.00 bits per heavy atom. The highest BCUT2D eigenvalue weighted by Crippen LogP contribution is 2.25. The summed E-state index contributed by atoms with van der Waals surface area (Å²) in [7, 11) is 0. The van der Waals surface area contributed by atoms with E-state index in [-0.39, 0.29) is 0 Å². The lowest BCUT2D eigenvalue weighted by Gasteiger charge is -2.15. The van der Waals surface area contributed by atoms with Crippen molar-refractivity contribution >= 4 is 0 Å². The molecule has 0 aliphatic rings. The van der Waals surface area contributed by atoms with E-state index in [1.54, 1.807) is 6.08 Å². The molecular weight excluding hydrogens is 158 g/mol. The van der Waals surface area contributed by atoms with E-state index in [0.717, 1.165) is 12.5 Å². The first-order chi connectivity index (χ1) is 5.36. The molecule has 0 fully saturated rings. The van der Waals surface area contributed by atoms with Crippen molar-refractivity contribution in [2.45, 2.75) is 40.0 Å². The molecule has 0 aromatic carbocycles. The van der Waals surface area contributed by atoms with Crippen LogP contribution in [-0.4, -0.2) is 5.92 Å². The van der Waals surface area contributed by atoms with E-state index in [1.807, 2.05) is 13.8 Å². The Balaban J connectivity index is 3.96. The largest absolute Gasteiger partial charge is 0.268 e. The van der Waals surface area contributed by atoms with Gasteiger partial charge in [0.1, 0.15) is 0 Å². The van der Waals surface area contributed by atoms with Gasteiger partial charge in [-0.25, -0.2) is 8.78 Å². The fraction of sp³-hybridized carbons (Fsp3) is 0.800. The molecule has 2 heteroatoms. The molecule has 0 bridgehead atoms. The van der Waals surface area contributed by atoms with Gasteiger partial charge in [0.25, 0.3) is 5.92 Å². The lowest BCUT2D eigenvalue weighted by Crippen LogP contribution is -2.20. The minimum Gasteiger partial charge on any atom is -0.202 e. The van der Waals surface area contributed by atoms with Crippen molar-refractivity contribution in [3.8, 4) is 0 Å². The van der Waals surface area contributed by atoms with Crippen LogP contribution in [0.15, 0.2) is 12.2 Å². The van der Waals surface area contributed by atoms with E-state index in [0.29, 0.717) is 5.92 Å². The highest BCUT2D eigenvalue weighted by molar-refractivity contribution is 4.96. The second-order valence-corrected chi connectivity index (χ2v) is 3.86. The molecule has 0 radical (unpaired) electrons. The maximum atomic E-state index is 12.9. The number of hydrogen-bond donors (Lipinski definition) is 0. The number of allylic oxidation sites excluding steroid dienone is 2. The first kappa shape index (κ1) is 11.6. The van der Waals surface area contributed by atoms with Gasteiger partial charge in [-0.3, -0.25) is 0 Å². The van der Waals surface area contributed by atoms with Gasteiger partial charge in [0.15, 0.2) is 0 Å². The Bertz CT molecular complexity index is 146. The van der Waals surface area contributed by atoms with E-state index in [4.69, 9.17) is 0 Å². The second-order valence-electron chi connectivity index (χ2n) is 3.86. The molecule has 0 rings (SSSR count). The monoisotopic (exact) mass is 176 g/mol. The zero-order valence-corrected chi connectivity index (χ0v) is 8.27. The molecule has 0 atom stereocenters. The van der Waals surface area contributed by atoms with Crippen LogP contribution in [0.5, 0.6) is 0 Å². The van der Waals surface area contributed by atoms with Crippen LogP contribution >= 0.6 is 0 Å². The van der Waals surface area contributed by atoms with Crippen molar-refractivity contribution in [2.75, 3.05) is 0 Å². The molecule has 0 saturated carbocycles. The van der Waals surface area contributed by atoms with Crippen molar-refractivity contribution in [1.82, 2.24) is 0 Å². The molecule has 0 aromatic heterocycles. The zero-order valence-electron chi connectivity index (χ0n) is 8.27. The molecule has 0 spiro atoms. The van der Waals surface area contributed by atoms with Crippen LogP contribution < -0.4 is 0 Å². The molecule has 0 amide bonds. The van der Waals surface area contributed by atoms with Gasteiger partial charge in [0, 0.05) is 5.92 Å². The second kappa shape index (κ2) is 4.58. The first-order valence-electron chi connectivity index (χ1n) is 4.41. The molecule has 0 nitrogen and oxygen atoms in total. The molecular formula is C10H18F2. The third-order valence-electron chi connectivity index (χ3n) is 1.72. The van der Waals surface area contributed by atoms with Crippen LogP contribution in [0.4, 0.5) is 8.78 Å². The van der Waals surface area contributed by atoms with Crippen LogP contribution in [0.25, 0.3) is 0 Å². The van der Waals surface area contributed by atoms with Crippen molar-refractivity contribution in [2.24, 2.45) is 11.8 Å². The van der Waals surface area contributed by atoms with E-state index in [9.17, 15) is 8.78 Å². The van der Waals surface area contributed by atoms with E-state index in [2.05, 4.69) is 0 Å². The fourth-order valence-electron chi connectivity index (χ4n) is 0.690. The van der Waals surface area contributed by atoms with Crippen molar-refractivity contribution < 1.29 is 8.78 Å². The minimum atomic E-state index is -2.64. The molecule has 0 aliphatic heterocycles. The summed E-state index contributed by atoms with van der Waals surface area (Å²) in [6.07, 6.45) is 3.32. The van der Waals surface area contributed by atoms with Crippen LogP contribution in [0.2, 0.25) is 0 Å². The summed E-state index contributed by atoms with van der Waals surface area (Å²) in [5, 5.41) is 0. The predicted molar refractivity (Wildman–Crippen MR) is 48.4 cm³/mol. The molecule has 72 valence electrons. The normalized spacial score (nSPS) is 13.7. The summed E-state index contributed by atoms with van der Waals surface area (Å²) in [5.74, 6) is -2.81. The summed E-state index contributed by atoms with van der Waals surface area (Å²) in [6, 6.07) is 0. The van der Waals surface area contributed by atoms with E-state index in [1.165, 1.54) is 13.8 Å². The van der Waals surface area contributed by atoms with Gasteiger partial charge in [-0.15, -0.1) is 0 Å². The lowest BCUT2D eigenvalue weighted by molar-refractivity contribution is 0.00598. The molecule has 0 aromatic rings. The number of rotatable bonds is 4. The Labute approximate surface area is 73.7 Å². The van der Waals surface area contributed by atoms with Crippen molar-refractivity contribution in [1.29, 1.82) is 0 Å². The van der Waals surface area contributed by atoms with Gasteiger partial charge in [0.05, 0.1) is 0 Å². The summed E-state index contributed by atoms with van der Waals surface area (Å²) in [5.41, 5.74) is 0. The SMILES string of the molecule is CC(C)C/C=C/C(F)(F)C(C)C. The highest BCUT2D eigenvalue weighted by Gasteiger charge is 2.29. The molecule has 0 saturated heterocycles. The standard InChI is InChI=1S/C10H18F2/c1-8(2)6-5-7-10(11,12)9(3)4/h5,7-9H,6H2,1-4H3/b7-5+. The number of halogens is 2. The Morgan fingerprint density at radius 1 is 1.17 bits per heavy atom. The van der Waals surface area contributed by atoms with Crippen molar-refractivity contribution in [3.05, 3.63) is 12.2 Å². The summed E-state index contributed by atoms with van der Waals surface area (Å²) >= 11 is 0. The molecule has 0 aliphatic carbocycles. The smallest absolute Gasteiger partial charge is 0.202 e. The van der Waals surface area contributed by atoms with Crippen LogP contribution in [0.1, 0.15) is 34.1 Å². The average Bonchev–Trinajstić information content (AvgIpc) is 1.85. The predicted octanol–water partition coefficient (Wildman–Crippen LogP) is 3.88. The third kappa shape index (κ3) is 4.47. The lowest BCUT2D eigenvalue weighted by atomic mass is 10.0. The van der Waals surface area contributed by atoms with Crippen LogP contribution in [0, 0.1) is 11.8 Å². The summed E-state index contributed by atoms with van der Waals surface area (Å²) < 4.78 is 25.8. The van der Waals surface area contributed by atoms with Crippen LogP contribution in [0.3, 0.4) is 0 Å². The van der Waals surface area contributed by atoms with E-state index >= 15 is 0 Å². The van der Waals surface area contributed by atoms with Crippen molar-refractivity contribution in [3.63, 3.8) is 0 Å². The minimum absolute atomic E-state index is 0.448. The Kier molecular flexibility index (Phi) is 4.43. The van der Waals surface area contributed by atoms with Gasteiger partial charge in [-0.1, -0.05) is 33.8 Å². The van der Waals surface area contributed by atoms with E-state index < -0.39 is 11.8 Å². The Hall–Kier alpha value is -0.400. The maximum Gasteiger partial charge on any atom is 0.268 e. The van der Waals surface area contributed by atoms with Gasteiger partial charge in [0.2, 0.25) is 0 Å². The maximum absolute atomic E-state index is 12.9. The van der Waals surface area contributed by atoms with Gasteiger partial charge >= 0.3 is 0 Å². The number of alkyl halides is 2. The topological polar surface area (TPSA) is 0 Å².